The first-order valence-corrected chi connectivity index (χ1v) is 5.07. The normalized spacial score (nSPS) is 15.4. The van der Waals surface area contributed by atoms with Gasteiger partial charge in [0, 0.05) is 7.05 Å². The number of nitrogens with two attached hydrogens (primary N) is 1. The maximum atomic E-state index is 12.1. The van der Waals surface area contributed by atoms with Gasteiger partial charge in [0.25, 0.3) is 0 Å². The molecule has 0 aliphatic carbocycles. The van der Waals surface area contributed by atoms with Crippen molar-refractivity contribution in [2.75, 3.05) is 13.6 Å². The van der Waals surface area contributed by atoms with Crippen molar-refractivity contribution in [3.05, 3.63) is 0 Å². The first-order valence-electron chi connectivity index (χ1n) is 4.67. The molecule has 0 aromatic carbocycles. The first kappa shape index (κ1) is 15.2. The Kier molecular flexibility index (Phi) is 4.72. The highest BCUT2D eigenvalue weighted by Gasteiger charge is 2.40. The molecule has 0 aromatic heterocycles. The second kappa shape index (κ2) is 4.99. The molecule has 94 valence electrons. The quantitative estimate of drug-likeness (QED) is 0.779. The fourth-order valence-electron chi connectivity index (χ4n) is 1.19. The van der Waals surface area contributed by atoms with E-state index >= 15 is 0 Å². The van der Waals surface area contributed by atoms with Crippen molar-refractivity contribution in [1.29, 1.82) is 0 Å². The molecule has 0 saturated heterocycles. The summed E-state index contributed by atoms with van der Waals surface area (Å²) in [7, 11) is 1.09. The smallest absolute Gasteiger partial charge is 0.392 e. The third-order valence-electron chi connectivity index (χ3n) is 2.49. The van der Waals surface area contributed by atoms with Crippen LogP contribution < -0.4 is 5.73 Å². The highest BCUT2D eigenvalue weighted by Crippen LogP contribution is 2.26. The molecule has 1 amide bonds. The van der Waals surface area contributed by atoms with Crippen LogP contribution in [0.4, 0.5) is 13.2 Å². The van der Waals surface area contributed by atoms with Crippen molar-refractivity contribution in [2.24, 2.45) is 11.1 Å². The second-order valence-electron chi connectivity index (χ2n) is 3.83. The van der Waals surface area contributed by atoms with Gasteiger partial charge in [0.2, 0.25) is 5.91 Å². The molecule has 0 heterocycles. The van der Waals surface area contributed by atoms with E-state index in [2.05, 4.69) is 0 Å². The summed E-state index contributed by atoms with van der Waals surface area (Å²) in [6, 6.07) is 0. The minimum Gasteiger partial charge on any atom is -0.392 e. The third kappa shape index (κ3) is 3.62. The Morgan fingerprint density at radius 1 is 1.44 bits per heavy atom. The average molecular weight is 256 g/mol. The lowest BCUT2D eigenvalue weighted by Gasteiger charge is -2.31. The lowest BCUT2D eigenvalue weighted by Crippen LogP contribution is -2.49. The van der Waals surface area contributed by atoms with Crippen molar-refractivity contribution in [1.82, 2.24) is 4.90 Å². The Hall–Kier alpha value is -0.850. The van der Waals surface area contributed by atoms with Gasteiger partial charge in [0.15, 0.2) is 0 Å². The minimum absolute atomic E-state index is 0.0889. The molecule has 7 heteroatoms. The molecule has 0 aromatic rings. The zero-order valence-electron chi connectivity index (χ0n) is 9.39. The second-order valence-corrected chi connectivity index (χ2v) is 4.27. The molecule has 0 spiro atoms. The summed E-state index contributed by atoms with van der Waals surface area (Å²) < 4.78 is 36.3. The lowest BCUT2D eigenvalue weighted by atomic mass is 9.86. The van der Waals surface area contributed by atoms with Gasteiger partial charge in [-0.1, -0.05) is 19.1 Å². The highest BCUT2D eigenvalue weighted by atomic mass is 32.1. The molecule has 3 nitrogen and oxygen atoms in total. The molecule has 0 bridgehead atoms. The van der Waals surface area contributed by atoms with Crippen LogP contribution in [0.3, 0.4) is 0 Å². The van der Waals surface area contributed by atoms with E-state index in [0.717, 1.165) is 7.05 Å². The fourth-order valence-corrected chi connectivity index (χ4v) is 1.42. The Bertz CT molecular complexity index is 293. The number of nitrogens with zero attached hydrogens (tertiary/aromatic N) is 1. The number of thiocarbonyl (C=S) groups is 1. The summed E-state index contributed by atoms with van der Waals surface area (Å²) in [6.07, 6.45) is -4.15. The van der Waals surface area contributed by atoms with Crippen LogP contribution in [0.15, 0.2) is 0 Å². The third-order valence-corrected chi connectivity index (χ3v) is 2.94. The van der Waals surface area contributed by atoms with E-state index in [1.54, 1.807) is 6.92 Å². The van der Waals surface area contributed by atoms with Crippen molar-refractivity contribution in [2.45, 2.75) is 26.4 Å². The standard InChI is InChI=1S/C9H15F3N2OS/c1-4-8(2,6(13)16)7(15)14(3)5-9(10,11)12/h4-5H2,1-3H3,(H2,13,16). The van der Waals surface area contributed by atoms with Crippen LogP contribution in [-0.4, -0.2) is 35.6 Å². The van der Waals surface area contributed by atoms with Gasteiger partial charge in [-0.2, -0.15) is 13.2 Å². The Balaban J connectivity index is 4.84. The van der Waals surface area contributed by atoms with E-state index in [1.807, 2.05) is 0 Å². The van der Waals surface area contributed by atoms with Crippen LogP contribution in [0.5, 0.6) is 0 Å². The summed E-state index contributed by atoms with van der Waals surface area (Å²) >= 11 is 4.72. The van der Waals surface area contributed by atoms with Crippen molar-refractivity contribution in [3.63, 3.8) is 0 Å². The van der Waals surface area contributed by atoms with E-state index in [4.69, 9.17) is 18.0 Å². The van der Waals surface area contributed by atoms with Gasteiger partial charge < -0.3 is 10.6 Å². The molecule has 2 N–H and O–H groups in total. The van der Waals surface area contributed by atoms with Crippen molar-refractivity contribution < 1.29 is 18.0 Å². The summed E-state index contributed by atoms with van der Waals surface area (Å²) in [5.41, 5.74) is 4.17. The van der Waals surface area contributed by atoms with E-state index in [-0.39, 0.29) is 11.4 Å². The molecule has 0 aliphatic heterocycles. The Morgan fingerprint density at radius 2 is 1.88 bits per heavy atom. The summed E-state index contributed by atoms with van der Waals surface area (Å²) in [6.45, 7) is 1.80. The molecule has 0 saturated carbocycles. The topological polar surface area (TPSA) is 46.3 Å². The monoisotopic (exact) mass is 256 g/mol. The van der Waals surface area contributed by atoms with Crippen LogP contribution in [-0.2, 0) is 4.79 Å². The largest absolute Gasteiger partial charge is 0.406 e. The summed E-state index contributed by atoms with van der Waals surface area (Å²) in [4.78, 5) is 12.3. The van der Waals surface area contributed by atoms with E-state index in [1.165, 1.54) is 6.92 Å². The predicted molar refractivity (Wildman–Crippen MR) is 58.9 cm³/mol. The Morgan fingerprint density at radius 3 is 2.12 bits per heavy atom. The van der Waals surface area contributed by atoms with Gasteiger partial charge in [0.05, 0.1) is 10.4 Å². The molecule has 0 aliphatic rings. The minimum atomic E-state index is -4.42. The first-order chi connectivity index (χ1) is 7.04. The van der Waals surface area contributed by atoms with Gasteiger partial charge >= 0.3 is 6.18 Å². The number of carbonyl (C=O) groups is 1. The van der Waals surface area contributed by atoms with Crippen LogP contribution in [0.2, 0.25) is 0 Å². The van der Waals surface area contributed by atoms with Crippen LogP contribution in [0.25, 0.3) is 0 Å². The Labute approximate surface area is 97.8 Å². The summed E-state index contributed by atoms with van der Waals surface area (Å²) in [5, 5.41) is 0. The van der Waals surface area contributed by atoms with E-state index in [9.17, 15) is 18.0 Å². The van der Waals surface area contributed by atoms with Gasteiger partial charge in [-0.15, -0.1) is 0 Å². The predicted octanol–water partition coefficient (Wildman–Crippen LogP) is 1.71. The maximum Gasteiger partial charge on any atom is 0.406 e. The fraction of sp³-hybridized carbons (Fsp3) is 0.778. The number of hydrogen-bond acceptors (Lipinski definition) is 2. The van der Waals surface area contributed by atoms with Crippen molar-refractivity contribution in [3.8, 4) is 0 Å². The van der Waals surface area contributed by atoms with Gasteiger partial charge in [-0.25, -0.2) is 0 Å². The molecule has 16 heavy (non-hydrogen) atoms. The SMILES string of the molecule is CCC(C)(C(=O)N(C)CC(F)(F)F)C(N)=S. The number of halogens is 3. The highest BCUT2D eigenvalue weighted by molar-refractivity contribution is 7.80. The lowest BCUT2D eigenvalue weighted by molar-refractivity contribution is -0.162. The zero-order valence-corrected chi connectivity index (χ0v) is 10.2. The zero-order chi connectivity index (χ0) is 13.1. The number of alkyl halides is 3. The van der Waals surface area contributed by atoms with Gasteiger partial charge in [-0.05, 0) is 13.3 Å². The molecule has 0 fully saturated rings. The maximum absolute atomic E-state index is 12.1. The van der Waals surface area contributed by atoms with Gasteiger partial charge in [-0.3, -0.25) is 4.79 Å². The number of carbonyl (C=O) groups excluding carboxylic acids is 1. The van der Waals surface area contributed by atoms with Crippen LogP contribution >= 0.6 is 12.2 Å². The molecular weight excluding hydrogens is 241 g/mol. The average Bonchev–Trinajstić information content (AvgIpc) is 2.12. The van der Waals surface area contributed by atoms with Crippen LogP contribution in [0.1, 0.15) is 20.3 Å². The van der Waals surface area contributed by atoms with Crippen molar-refractivity contribution >= 4 is 23.1 Å². The summed E-state index contributed by atoms with van der Waals surface area (Å²) in [5.74, 6) is -0.708. The van der Waals surface area contributed by atoms with Crippen LogP contribution in [0, 0.1) is 5.41 Å². The van der Waals surface area contributed by atoms with E-state index < -0.39 is 24.0 Å². The number of hydrogen-bond donors (Lipinski definition) is 1. The van der Waals surface area contributed by atoms with Gasteiger partial charge in [0.1, 0.15) is 6.54 Å². The number of amides is 1. The number of rotatable bonds is 4. The molecule has 1 atom stereocenters. The molecule has 1 unspecified atom stereocenters. The molecule has 0 rings (SSSR count). The van der Waals surface area contributed by atoms with E-state index in [0.29, 0.717) is 4.90 Å². The molecular formula is C9H15F3N2OS. The molecule has 0 radical (unpaired) electrons.